The van der Waals surface area contributed by atoms with Crippen molar-refractivity contribution in [2.75, 3.05) is 6.61 Å². The van der Waals surface area contributed by atoms with Crippen molar-refractivity contribution < 1.29 is 4.74 Å². The number of hydrogen-bond acceptors (Lipinski definition) is 3. The Labute approximate surface area is 209 Å². The summed E-state index contributed by atoms with van der Waals surface area (Å²) in [6, 6.07) is 9.63. The van der Waals surface area contributed by atoms with Gasteiger partial charge in [-0.3, -0.25) is 0 Å². The molecule has 1 aliphatic heterocycles. The lowest BCUT2D eigenvalue weighted by Gasteiger charge is -2.38. The summed E-state index contributed by atoms with van der Waals surface area (Å²) in [5.74, 6) is 1.13. The number of thioether (sulfide) groups is 1. The molecule has 1 nitrogen and oxygen atoms in total. The number of hydrogen-bond donors (Lipinski definition) is 0. The molecule has 0 spiro atoms. The van der Waals surface area contributed by atoms with E-state index in [4.69, 9.17) is 4.74 Å². The minimum Gasteiger partial charge on any atom is -0.489 e. The van der Waals surface area contributed by atoms with Crippen molar-refractivity contribution in [3.63, 3.8) is 0 Å². The van der Waals surface area contributed by atoms with Gasteiger partial charge in [-0.2, -0.15) is 0 Å². The highest BCUT2D eigenvalue weighted by molar-refractivity contribution is 8.05. The molecule has 1 aromatic carbocycles. The third kappa shape index (κ3) is 4.02. The molecule has 0 fully saturated rings. The van der Waals surface area contributed by atoms with E-state index in [9.17, 15) is 0 Å². The molecule has 0 radical (unpaired) electrons. The van der Waals surface area contributed by atoms with Gasteiger partial charge in [-0.1, -0.05) is 77.1 Å². The van der Waals surface area contributed by atoms with Crippen LogP contribution in [0.25, 0.3) is 10.8 Å². The Morgan fingerprint density at radius 2 is 1.79 bits per heavy atom. The summed E-state index contributed by atoms with van der Waals surface area (Å²) in [6.45, 7) is 23.1. The Morgan fingerprint density at radius 3 is 2.39 bits per heavy atom. The number of fused-ring (bicyclic) bond motifs is 2. The fourth-order valence-electron chi connectivity index (χ4n) is 5.67. The lowest BCUT2D eigenvalue weighted by Crippen LogP contribution is -2.53. The first kappa shape index (κ1) is 24.6. The molecule has 2 aliphatic rings. The van der Waals surface area contributed by atoms with E-state index in [1.54, 1.807) is 15.3 Å². The third-order valence-corrected chi connectivity index (χ3v) is 15.3. The molecule has 0 N–H and O–H groups in total. The van der Waals surface area contributed by atoms with Gasteiger partial charge >= 0.3 is 0 Å². The average Bonchev–Trinajstić information content (AvgIpc) is 3.38. The van der Waals surface area contributed by atoms with Crippen molar-refractivity contribution in [3.8, 4) is 5.75 Å². The highest BCUT2D eigenvalue weighted by Crippen LogP contribution is 2.48. The van der Waals surface area contributed by atoms with Crippen molar-refractivity contribution >= 4 is 47.1 Å². The number of rotatable bonds is 7. The van der Waals surface area contributed by atoms with Crippen molar-refractivity contribution in [2.45, 2.75) is 78.1 Å². The van der Waals surface area contributed by atoms with E-state index >= 15 is 0 Å². The Morgan fingerprint density at radius 1 is 1.09 bits per heavy atom. The van der Waals surface area contributed by atoms with Gasteiger partial charge in [0.05, 0.1) is 5.25 Å². The van der Waals surface area contributed by atoms with Crippen molar-refractivity contribution in [1.29, 1.82) is 0 Å². The number of allylic oxidation sites excluding steroid dienone is 2. The lowest BCUT2D eigenvalue weighted by atomic mass is 9.85. The second-order valence-corrected chi connectivity index (χ2v) is 17.8. The maximum Gasteiger partial charge on any atom is 0.123 e. The van der Waals surface area contributed by atoms with Crippen LogP contribution in [-0.2, 0) is 5.41 Å². The summed E-state index contributed by atoms with van der Waals surface area (Å²) < 4.78 is 8.14. The standard InChI is InChI=1S/C29H38OS2Si/c1-10-13-30-25-23(29(7,8)9)14-18(4)15-24(25)33(11-2,12-3)28-26-21(16-19(5)31-26)22-17-20(6)32-27(22)28/h10,14-17,26H,1,11-13H2,2-9H3. The minimum atomic E-state index is -2.08. The maximum absolute atomic E-state index is 6.57. The SMILES string of the molecule is C=CCOc1c(C(C)(C)C)cc(C)cc1[Si](CC)(CC)C1=c2sc(C)cc2=C2C=C(C)SC21. The van der Waals surface area contributed by atoms with Crippen molar-refractivity contribution in [3.05, 3.63) is 67.6 Å². The first-order valence-corrected chi connectivity index (χ1v) is 16.3. The van der Waals surface area contributed by atoms with Gasteiger partial charge < -0.3 is 4.74 Å². The average molecular weight is 495 g/mol. The maximum atomic E-state index is 6.57. The molecule has 1 unspecified atom stereocenters. The Kier molecular flexibility index (Phi) is 6.67. The number of ether oxygens (including phenoxy) is 1. The van der Waals surface area contributed by atoms with Gasteiger partial charge in [0, 0.05) is 9.41 Å². The van der Waals surface area contributed by atoms with Crippen LogP contribution in [0, 0.1) is 13.8 Å². The summed E-state index contributed by atoms with van der Waals surface area (Å²) in [7, 11) is -2.08. The number of benzene rings is 1. The van der Waals surface area contributed by atoms with Crippen LogP contribution in [0.3, 0.4) is 0 Å². The van der Waals surface area contributed by atoms with Gasteiger partial charge in [-0.15, -0.1) is 23.1 Å². The summed E-state index contributed by atoms with van der Waals surface area (Å²) >= 11 is 4.08. The van der Waals surface area contributed by atoms with Crippen LogP contribution >= 0.6 is 23.1 Å². The van der Waals surface area contributed by atoms with Crippen molar-refractivity contribution in [2.24, 2.45) is 0 Å². The zero-order chi connectivity index (χ0) is 24.1. The Bertz CT molecular complexity index is 1250. The second kappa shape index (κ2) is 8.94. The fraction of sp³-hybridized carbons (Fsp3) is 0.448. The molecular weight excluding hydrogens is 457 g/mol. The molecule has 4 heteroatoms. The fourth-order valence-corrected chi connectivity index (χ4v) is 14.2. The topological polar surface area (TPSA) is 9.23 Å². The van der Waals surface area contributed by atoms with Crippen LogP contribution in [-0.4, -0.2) is 19.9 Å². The molecule has 1 atom stereocenters. The molecule has 0 saturated carbocycles. The molecule has 0 bridgehead atoms. The zero-order valence-electron chi connectivity index (χ0n) is 21.5. The third-order valence-electron chi connectivity index (χ3n) is 7.24. The van der Waals surface area contributed by atoms with E-state index < -0.39 is 8.07 Å². The molecule has 4 rings (SSSR count). The summed E-state index contributed by atoms with van der Waals surface area (Å²) in [6.07, 6.45) is 4.33. The van der Waals surface area contributed by atoms with Gasteiger partial charge in [0.1, 0.15) is 20.4 Å². The molecule has 1 aliphatic carbocycles. The normalized spacial score (nSPS) is 17.8. The molecule has 0 amide bonds. The van der Waals surface area contributed by atoms with Crippen LogP contribution in [0.5, 0.6) is 5.75 Å². The largest absolute Gasteiger partial charge is 0.489 e. The van der Waals surface area contributed by atoms with Crippen molar-refractivity contribution in [1.82, 2.24) is 0 Å². The molecule has 0 saturated heterocycles. The summed E-state index contributed by atoms with van der Waals surface area (Å²) in [5, 5.41) is 5.21. The molecule has 1 aromatic heterocycles. The van der Waals surface area contributed by atoms with E-state index in [0.717, 1.165) is 5.75 Å². The predicted octanol–water partition coefficient (Wildman–Crippen LogP) is 6.50. The van der Waals surface area contributed by atoms with Gasteiger partial charge in [0.2, 0.25) is 0 Å². The Balaban J connectivity index is 2.09. The zero-order valence-corrected chi connectivity index (χ0v) is 24.2. The molecule has 176 valence electrons. The summed E-state index contributed by atoms with van der Waals surface area (Å²) in [5.41, 5.74) is 4.24. The first-order chi connectivity index (χ1) is 15.6. The molecule has 33 heavy (non-hydrogen) atoms. The van der Waals surface area contributed by atoms with E-state index in [1.165, 1.54) is 43.4 Å². The van der Waals surface area contributed by atoms with Crippen LogP contribution in [0.15, 0.2) is 41.8 Å². The minimum absolute atomic E-state index is 0.0153. The van der Waals surface area contributed by atoms with E-state index in [-0.39, 0.29) is 5.41 Å². The van der Waals surface area contributed by atoms with Gasteiger partial charge in [0.15, 0.2) is 0 Å². The summed E-state index contributed by atoms with van der Waals surface area (Å²) in [4.78, 5) is 2.86. The van der Waals surface area contributed by atoms with Gasteiger partial charge in [-0.25, -0.2) is 0 Å². The number of aryl methyl sites for hydroxylation is 2. The lowest BCUT2D eigenvalue weighted by molar-refractivity contribution is 0.353. The van der Waals surface area contributed by atoms with Crippen LogP contribution in [0.2, 0.25) is 12.1 Å². The molecular formula is C29H38OS2Si. The predicted molar refractivity (Wildman–Crippen MR) is 152 cm³/mol. The first-order valence-electron chi connectivity index (χ1n) is 12.2. The van der Waals surface area contributed by atoms with Gasteiger partial charge in [0.25, 0.3) is 0 Å². The van der Waals surface area contributed by atoms with Crippen LogP contribution in [0.1, 0.15) is 57.5 Å². The molecule has 2 heterocycles. The monoisotopic (exact) mass is 494 g/mol. The quantitative estimate of drug-likeness (QED) is 0.321. The van der Waals surface area contributed by atoms with Crippen LogP contribution in [0.4, 0.5) is 0 Å². The second-order valence-electron chi connectivity index (χ2n) is 10.5. The number of thiophene rings is 1. The van der Waals surface area contributed by atoms with Gasteiger partial charge in [-0.05, 0) is 70.0 Å². The Hall–Kier alpha value is -1.49. The smallest absolute Gasteiger partial charge is 0.123 e. The van der Waals surface area contributed by atoms with Crippen LogP contribution < -0.4 is 19.7 Å². The van der Waals surface area contributed by atoms with E-state index in [2.05, 4.69) is 98.0 Å². The van der Waals surface area contributed by atoms with E-state index in [1.807, 2.05) is 17.4 Å². The molecule has 2 aromatic rings. The highest BCUT2D eigenvalue weighted by Gasteiger charge is 2.47. The van der Waals surface area contributed by atoms with E-state index in [0.29, 0.717) is 11.9 Å². The highest BCUT2D eigenvalue weighted by atomic mass is 32.2.